The number of aromatic nitrogens is 1. The predicted octanol–water partition coefficient (Wildman–Crippen LogP) is 2.82. The van der Waals surface area contributed by atoms with Gasteiger partial charge in [0, 0.05) is 28.2 Å². The number of pyridine rings is 1. The number of hydrogen-bond donors (Lipinski definition) is 1. The molecule has 0 fully saturated rings. The maximum absolute atomic E-state index is 9.68. The van der Waals surface area contributed by atoms with Crippen molar-refractivity contribution in [3.63, 3.8) is 0 Å². The molecule has 2 aromatic rings. The Bertz CT molecular complexity index is 408. The van der Waals surface area contributed by atoms with Crippen molar-refractivity contribution in [2.75, 3.05) is 0 Å². The van der Waals surface area contributed by atoms with E-state index in [1.54, 1.807) is 23.7 Å². The summed E-state index contributed by atoms with van der Waals surface area (Å²) in [6, 6.07) is 3.78. The van der Waals surface area contributed by atoms with Crippen molar-refractivity contribution in [3.05, 3.63) is 34.8 Å². The highest BCUT2D eigenvalue weighted by atomic mass is 32.1. The van der Waals surface area contributed by atoms with Gasteiger partial charge in [-0.15, -0.1) is 11.3 Å². The molecule has 0 aliphatic rings. The minimum absolute atomic E-state index is 0.385. The standard InChI is InChI=1S/C10H9NOS/c1-7-10(12)9(6-13-7)8-2-4-11-5-3-8/h2-6,12H,1H3. The van der Waals surface area contributed by atoms with E-state index in [-0.39, 0.29) is 0 Å². The lowest BCUT2D eigenvalue weighted by molar-refractivity contribution is 0.476. The molecule has 0 atom stereocenters. The third-order valence-corrected chi connectivity index (χ3v) is 2.83. The minimum atomic E-state index is 0.385. The molecule has 0 saturated heterocycles. The van der Waals surface area contributed by atoms with Gasteiger partial charge < -0.3 is 5.11 Å². The van der Waals surface area contributed by atoms with Crippen LogP contribution in [-0.4, -0.2) is 10.1 Å². The Kier molecular flexibility index (Phi) is 2.02. The predicted molar refractivity (Wildman–Crippen MR) is 54.0 cm³/mol. The molecule has 66 valence electrons. The number of nitrogens with zero attached hydrogens (tertiary/aromatic N) is 1. The van der Waals surface area contributed by atoms with Crippen LogP contribution in [0.15, 0.2) is 29.9 Å². The van der Waals surface area contributed by atoms with Crippen LogP contribution in [0.5, 0.6) is 5.75 Å². The number of rotatable bonds is 1. The zero-order chi connectivity index (χ0) is 9.26. The van der Waals surface area contributed by atoms with E-state index >= 15 is 0 Å². The first-order valence-corrected chi connectivity index (χ1v) is 4.84. The van der Waals surface area contributed by atoms with E-state index in [2.05, 4.69) is 4.98 Å². The lowest BCUT2D eigenvalue weighted by atomic mass is 10.1. The van der Waals surface area contributed by atoms with Gasteiger partial charge in [0.2, 0.25) is 0 Å². The Morgan fingerprint density at radius 1 is 1.31 bits per heavy atom. The third-order valence-electron chi connectivity index (χ3n) is 1.93. The van der Waals surface area contributed by atoms with E-state index in [1.807, 2.05) is 24.4 Å². The summed E-state index contributed by atoms with van der Waals surface area (Å²) < 4.78 is 0. The molecule has 0 aliphatic carbocycles. The fourth-order valence-electron chi connectivity index (χ4n) is 1.18. The van der Waals surface area contributed by atoms with Crippen LogP contribution >= 0.6 is 11.3 Å². The number of thiophene rings is 1. The second kappa shape index (κ2) is 3.18. The normalized spacial score (nSPS) is 10.2. The van der Waals surface area contributed by atoms with Crippen molar-refractivity contribution in [1.82, 2.24) is 4.98 Å². The van der Waals surface area contributed by atoms with E-state index in [9.17, 15) is 5.11 Å². The van der Waals surface area contributed by atoms with Crippen LogP contribution < -0.4 is 0 Å². The first-order chi connectivity index (χ1) is 6.29. The van der Waals surface area contributed by atoms with Gasteiger partial charge in [-0.3, -0.25) is 4.98 Å². The van der Waals surface area contributed by atoms with Crippen LogP contribution in [0.1, 0.15) is 4.88 Å². The van der Waals surface area contributed by atoms with E-state index < -0.39 is 0 Å². The Labute approximate surface area is 80.5 Å². The Balaban J connectivity index is 2.53. The summed E-state index contributed by atoms with van der Waals surface area (Å²) in [5.41, 5.74) is 1.90. The van der Waals surface area contributed by atoms with E-state index in [0.29, 0.717) is 5.75 Å². The lowest BCUT2D eigenvalue weighted by Crippen LogP contribution is -1.75. The monoisotopic (exact) mass is 191 g/mol. The smallest absolute Gasteiger partial charge is 0.136 e. The van der Waals surface area contributed by atoms with Crippen molar-refractivity contribution < 1.29 is 5.11 Å². The van der Waals surface area contributed by atoms with Gasteiger partial charge in [-0.2, -0.15) is 0 Å². The average molecular weight is 191 g/mol. The second-order valence-electron chi connectivity index (χ2n) is 2.79. The van der Waals surface area contributed by atoms with Crippen molar-refractivity contribution >= 4 is 11.3 Å². The Hall–Kier alpha value is -1.35. The SMILES string of the molecule is Cc1scc(-c2ccncc2)c1O. The van der Waals surface area contributed by atoms with Crippen molar-refractivity contribution in [3.8, 4) is 16.9 Å². The molecule has 0 aliphatic heterocycles. The maximum Gasteiger partial charge on any atom is 0.136 e. The van der Waals surface area contributed by atoms with Gasteiger partial charge in [-0.05, 0) is 24.6 Å². The van der Waals surface area contributed by atoms with Gasteiger partial charge in [0.1, 0.15) is 5.75 Å². The van der Waals surface area contributed by atoms with Crippen molar-refractivity contribution in [1.29, 1.82) is 0 Å². The molecular weight excluding hydrogens is 182 g/mol. The minimum Gasteiger partial charge on any atom is -0.506 e. The van der Waals surface area contributed by atoms with Crippen molar-refractivity contribution in [2.45, 2.75) is 6.92 Å². The van der Waals surface area contributed by atoms with Crippen LogP contribution in [0.25, 0.3) is 11.1 Å². The molecule has 0 unspecified atom stereocenters. The fourth-order valence-corrected chi connectivity index (χ4v) is 1.95. The molecule has 0 radical (unpaired) electrons. The number of aromatic hydroxyl groups is 1. The summed E-state index contributed by atoms with van der Waals surface area (Å²) in [6.07, 6.45) is 3.45. The molecule has 2 rings (SSSR count). The highest BCUT2D eigenvalue weighted by Gasteiger charge is 2.07. The molecule has 0 amide bonds. The summed E-state index contributed by atoms with van der Waals surface area (Å²) in [4.78, 5) is 4.88. The van der Waals surface area contributed by atoms with Gasteiger partial charge in [-0.25, -0.2) is 0 Å². The van der Waals surface area contributed by atoms with Crippen molar-refractivity contribution in [2.24, 2.45) is 0 Å². The average Bonchev–Trinajstić information content (AvgIpc) is 2.49. The second-order valence-corrected chi connectivity index (χ2v) is 3.87. The molecule has 0 bridgehead atoms. The Morgan fingerprint density at radius 2 is 2.00 bits per heavy atom. The van der Waals surface area contributed by atoms with Crippen LogP contribution in [0.3, 0.4) is 0 Å². The van der Waals surface area contributed by atoms with Gasteiger partial charge >= 0.3 is 0 Å². The van der Waals surface area contributed by atoms with E-state index in [4.69, 9.17) is 0 Å². The van der Waals surface area contributed by atoms with Crippen LogP contribution in [0.4, 0.5) is 0 Å². The molecule has 3 heteroatoms. The number of hydrogen-bond acceptors (Lipinski definition) is 3. The van der Waals surface area contributed by atoms with Crippen LogP contribution in [0, 0.1) is 6.92 Å². The van der Waals surface area contributed by atoms with Gasteiger partial charge in [-0.1, -0.05) is 0 Å². The zero-order valence-electron chi connectivity index (χ0n) is 7.19. The molecular formula is C10H9NOS. The molecule has 13 heavy (non-hydrogen) atoms. The first kappa shape index (κ1) is 8.26. The van der Waals surface area contributed by atoms with Crippen LogP contribution in [0.2, 0.25) is 0 Å². The summed E-state index contributed by atoms with van der Waals surface area (Å²) in [5, 5.41) is 11.6. The largest absolute Gasteiger partial charge is 0.506 e. The summed E-state index contributed by atoms with van der Waals surface area (Å²) in [7, 11) is 0. The quantitative estimate of drug-likeness (QED) is 0.751. The zero-order valence-corrected chi connectivity index (χ0v) is 8.01. The Morgan fingerprint density at radius 3 is 2.54 bits per heavy atom. The molecule has 0 spiro atoms. The van der Waals surface area contributed by atoms with E-state index in [0.717, 1.165) is 16.0 Å². The lowest BCUT2D eigenvalue weighted by Gasteiger charge is -1.97. The third kappa shape index (κ3) is 1.42. The number of aryl methyl sites for hydroxylation is 1. The van der Waals surface area contributed by atoms with Gasteiger partial charge in [0.05, 0.1) is 0 Å². The fraction of sp³-hybridized carbons (Fsp3) is 0.100. The highest BCUT2D eigenvalue weighted by Crippen LogP contribution is 2.36. The molecule has 0 aromatic carbocycles. The molecule has 2 heterocycles. The molecule has 2 aromatic heterocycles. The summed E-state index contributed by atoms with van der Waals surface area (Å²) >= 11 is 1.56. The van der Waals surface area contributed by atoms with E-state index in [1.165, 1.54) is 0 Å². The van der Waals surface area contributed by atoms with Gasteiger partial charge in [0.15, 0.2) is 0 Å². The maximum atomic E-state index is 9.68. The highest BCUT2D eigenvalue weighted by molar-refractivity contribution is 7.10. The van der Waals surface area contributed by atoms with Crippen LogP contribution in [-0.2, 0) is 0 Å². The first-order valence-electron chi connectivity index (χ1n) is 3.96. The molecule has 1 N–H and O–H groups in total. The summed E-state index contributed by atoms with van der Waals surface area (Å²) in [6.45, 7) is 1.91. The summed E-state index contributed by atoms with van der Waals surface area (Å²) in [5.74, 6) is 0.385. The van der Waals surface area contributed by atoms with Gasteiger partial charge in [0.25, 0.3) is 0 Å². The molecule has 2 nitrogen and oxygen atoms in total. The topological polar surface area (TPSA) is 33.1 Å². The molecule has 0 saturated carbocycles.